The molecule has 4 N–H and O–H groups in total. The number of nitrogens with two attached hydrogens (primary N) is 2. The van der Waals surface area contributed by atoms with E-state index in [-0.39, 0.29) is 0 Å². The van der Waals surface area contributed by atoms with Gasteiger partial charge in [0, 0.05) is 28.3 Å². The molecule has 0 bridgehead atoms. The van der Waals surface area contributed by atoms with Gasteiger partial charge in [0.2, 0.25) is 0 Å². The average Bonchev–Trinajstić information content (AvgIpc) is 2.93. The second-order valence-corrected chi connectivity index (χ2v) is 7.88. The average molecular weight is 291 g/mol. The van der Waals surface area contributed by atoms with Gasteiger partial charge in [0.1, 0.15) is 0 Å². The van der Waals surface area contributed by atoms with Crippen molar-refractivity contribution in [2.45, 2.75) is 25.0 Å². The van der Waals surface area contributed by atoms with E-state index in [1.165, 1.54) is 33.5 Å². The molecule has 2 aliphatic heterocycles. The molecule has 0 aromatic carbocycles. The van der Waals surface area contributed by atoms with Crippen LogP contribution in [0, 0.1) is 0 Å². The molecule has 17 heavy (non-hydrogen) atoms. The Morgan fingerprint density at radius 2 is 2.00 bits per heavy atom. The van der Waals surface area contributed by atoms with Gasteiger partial charge in [0.15, 0.2) is 0 Å². The van der Waals surface area contributed by atoms with Crippen LogP contribution in [0.15, 0.2) is 21.3 Å². The highest BCUT2D eigenvalue weighted by Gasteiger charge is 2.14. The highest BCUT2D eigenvalue weighted by molar-refractivity contribution is 8.25. The number of hydrogen-bond donors (Lipinski definition) is 2. The Morgan fingerprint density at radius 1 is 1.24 bits per heavy atom. The molecule has 1 atom stereocenters. The molecule has 2 saturated heterocycles. The van der Waals surface area contributed by atoms with E-state index >= 15 is 0 Å². The van der Waals surface area contributed by atoms with Gasteiger partial charge in [-0.15, -0.1) is 35.3 Å². The molecule has 0 saturated carbocycles. The van der Waals surface area contributed by atoms with Gasteiger partial charge in [-0.2, -0.15) is 0 Å². The molecular formula is C12H22N2S3. The van der Waals surface area contributed by atoms with Crippen molar-refractivity contribution >= 4 is 35.3 Å². The molecule has 2 aliphatic rings. The largest absolute Gasteiger partial charge is 0.327 e. The van der Waals surface area contributed by atoms with Crippen LogP contribution in [-0.2, 0) is 0 Å². The summed E-state index contributed by atoms with van der Waals surface area (Å²) >= 11 is 5.80. The van der Waals surface area contributed by atoms with Crippen LogP contribution < -0.4 is 11.5 Å². The third-order valence-corrected chi connectivity index (χ3v) is 6.44. The highest BCUT2D eigenvalue weighted by atomic mass is 32.2. The van der Waals surface area contributed by atoms with Crippen molar-refractivity contribution in [3.05, 3.63) is 21.3 Å². The zero-order valence-corrected chi connectivity index (χ0v) is 12.8. The summed E-state index contributed by atoms with van der Waals surface area (Å²) < 4.78 is 1.41. The molecule has 0 aromatic heterocycles. The summed E-state index contributed by atoms with van der Waals surface area (Å²) in [7, 11) is 0. The second-order valence-electron chi connectivity index (χ2n) is 3.86. The van der Waals surface area contributed by atoms with Crippen molar-refractivity contribution < 1.29 is 0 Å². The normalized spacial score (nSPS) is 28.5. The molecule has 2 fully saturated rings. The van der Waals surface area contributed by atoms with Gasteiger partial charge < -0.3 is 11.5 Å². The molecule has 5 heteroatoms. The molecule has 0 radical (unpaired) electrons. The predicted octanol–water partition coefficient (Wildman–Crippen LogP) is 3.01. The minimum absolute atomic E-state index is 0.683. The van der Waals surface area contributed by atoms with Crippen LogP contribution in [-0.4, -0.2) is 29.8 Å². The maximum atomic E-state index is 5.35. The van der Waals surface area contributed by atoms with Crippen molar-refractivity contribution in [1.82, 2.24) is 0 Å². The lowest BCUT2D eigenvalue weighted by molar-refractivity contribution is 0.989. The molecule has 0 spiro atoms. The van der Waals surface area contributed by atoms with Crippen LogP contribution in [0.1, 0.15) is 19.8 Å². The van der Waals surface area contributed by atoms with Gasteiger partial charge in [-0.1, -0.05) is 19.1 Å². The van der Waals surface area contributed by atoms with E-state index in [2.05, 4.69) is 19.1 Å². The van der Waals surface area contributed by atoms with E-state index in [9.17, 15) is 0 Å². The van der Waals surface area contributed by atoms with Crippen molar-refractivity contribution in [2.75, 3.05) is 24.6 Å². The number of allylic oxidation sites excluding steroid dienone is 1. The molecule has 0 aromatic rings. The van der Waals surface area contributed by atoms with Crippen LogP contribution in [0.3, 0.4) is 0 Å². The summed E-state index contributed by atoms with van der Waals surface area (Å²) in [6.07, 6.45) is 6.83. The van der Waals surface area contributed by atoms with Crippen molar-refractivity contribution in [1.29, 1.82) is 0 Å². The third-order valence-electron chi connectivity index (χ3n) is 2.26. The van der Waals surface area contributed by atoms with Crippen molar-refractivity contribution in [3.8, 4) is 0 Å². The zero-order chi connectivity index (χ0) is 12.5. The van der Waals surface area contributed by atoms with Gasteiger partial charge in [-0.3, -0.25) is 0 Å². The van der Waals surface area contributed by atoms with Gasteiger partial charge >= 0.3 is 0 Å². The van der Waals surface area contributed by atoms with Crippen LogP contribution in [0.25, 0.3) is 0 Å². The van der Waals surface area contributed by atoms with E-state index in [0.29, 0.717) is 13.1 Å². The SMILES string of the molecule is CC1CSC(=CCN)S1.NCC=C1CCCS1. The van der Waals surface area contributed by atoms with E-state index in [1.54, 1.807) is 0 Å². The standard InChI is InChI=1S/C6H11NS2.C6H11NS/c1-5-4-8-6(9-5)2-3-7;7-4-3-6-2-1-5-8-6/h2,5H,3-4,7H2,1H3;3H,1-2,4-5,7H2. The Labute approximate surface area is 117 Å². The van der Waals surface area contributed by atoms with Gasteiger partial charge in [0.05, 0.1) is 0 Å². The van der Waals surface area contributed by atoms with E-state index < -0.39 is 0 Å². The van der Waals surface area contributed by atoms with Crippen molar-refractivity contribution in [3.63, 3.8) is 0 Å². The van der Waals surface area contributed by atoms with Gasteiger partial charge in [-0.05, 0) is 23.5 Å². The second kappa shape index (κ2) is 9.39. The lowest BCUT2D eigenvalue weighted by Gasteiger charge is -1.92. The Hall–Kier alpha value is 0.450. The first kappa shape index (κ1) is 15.5. The molecule has 98 valence electrons. The van der Waals surface area contributed by atoms with Gasteiger partial charge in [0.25, 0.3) is 0 Å². The monoisotopic (exact) mass is 290 g/mol. The quantitative estimate of drug-likeness (QED) is 0.819. The molecule has 2 nitrogen and oxygen atoms in total. The first-order chi connectivity index (χ1) is 8.26. The smallest absolute Gasteiger partial charge is 0.0376 e. The van der Waals surface area contributed by atoms with Crippen LogP contribution in [0.4, 0.5) is 0 Å². The Kier molecular flexibility index (Phi) is 8.56. The summed E-state index contributed by atoms with van der Waals surface area (Å²) in [6.45, 7) is 3.64. The Bertz CT molecular complexity index is 269. The third kappa shape index (κ3) is 6.82. The maximum absolute atomic E-state index is 5.35. The van der Waals surface area contributed by atoms with Gasteiger partial charge in [-0.25, -0.2) is 0 Å². The number of hydrogen-bond acceptors (Lipinski definition) is 5. The summed E-state index contributed by atoms with van der Waals surface area (Å²) in [5.74, 6) is 2.54. The first-order valence-corrected chi connectivity index (χ1v) is 8.83. The minimum Gasteiger partial charge on any atom is -0.327 e. The lowest BCUT2D eigenvalue weighted by Crippen LogP contribution is -1.93. The number of thioether (sulfide) groups is 3. The molecule has 0 amide bonds. The maximum Gasteiger partial charge on any atom is 0.0376 e. The molecule has 2 heterocycles. The summed E-state index contributed by atoms with van der Waals surface area (Å²) in [4.78, 5) is 1.49. The Morgan fingerprint density at radius 3 is 2.47 bits per heavy atom. The fourth-order valence-electron chi connectivity index (χ4n) is 1.48. The molecule has 1 unspecified atom stereocenters. The lowest BCUT2D eigenvalue weighted by atomic mass is 10.3. The number of rotatable bonds is 2. The Balaban J connectivity index is 0.000000171. The van der Waals surface area contributed by atoms with Crippen molar-refractivity contribution in [2.24, 2.45) is 11.5 Å². The predicted molar refractivity (Wildman–Crippen MR) is 85.5 cm³/mol. The van der Waals surface area contributed by atoms with E-state index in [4.69, 9.17) is 11.5 Å². The summed E-state index contributed by atoms with van der Waals surface area (Å²) in [5, 5.41) is 0.785. The molecular weight excluding hydrogens is 268 g/mol. The van der Waals surface area contributed by atoms with Crippen LogP contribution >= 0.6 is 35.3 Å². The zero-order valence-electron chi connectivity index (χ0n) is 10.4. The van der Waals surface area contributed by atoms with E-state index in [1.807, 2.05) is 35.3 Å². The first-order valence-electron chi connectivity index (χ1n) is 5.97. The minimum atomic E-state index is 0.683. The topological polar surface area (TPSA) is 52.0 Å². The molecule has 2 rings (SSSR count). The van der Waals surface area contributed by atoms with Crippen LogP contribution in [0.2, 0.25) is 0 Å². The van der Waals surface area contributed by atoms with E-state index in [0.717, 1.165) is 5.25 Å². The summed E-state index contributed by atoms with van der Waals surface area (Å²) in [6, 6.07) is 0. The summed E-state index contributed by atoms with van der Waals surface area (Å²) in [5.41, 5.74) is 10.7. The fourth-order valence-corrected chi connectivity index (χ4v) is 5.18. The fraction of sp³-hybridized carbons (Fsp3) is 0.667. The highest BCUT2D eigenvalue weighted by Crippen LogP contribution is 2.40. The van der Waals surface area contributed by atoms with Crippen LogP contribution in [0.5, 0.6) is 0 Å². The molecule has 0 aliphatic carbocycles.